The second kappa shape index (κ2) is 8.40. The Kier molecular flexibility index (Phi) is 5.48. The Hall–Kier alpha value is -2.37. The number of fused-ring (bicyclic) bond motifs is 2. The number of hydrogen-bond donors (Lipinski definition) is 0. The van der Waals surface area contributed by atoms with Crippen LogP contribution in [0.5, 0.6) is 5.75 Å². The summed E-state index contributed by atoms with van der Waals surface area (Å²) in [5.41, 5.74) is 1.54. The topological polar surface area (TPSA) is 29.5 Å². The molecule has 0 saturated carbocycles. The summed E-state index contributed by atoms with van der Waals surface area (Å²) in [6.07, 6.45) is 1.42. The van der Waals surface area contributed by atoms with Crippen LogP contribution in [0.25, 0.3) is 10.8 Å². The van der Waals surface area contributed by atoms with Crippen LogP contribution in [0.4, 0.5) is 4.39 Å². The van der Waals surface area contributed by atoms with Crippen molar-refractivity contribution in [2.24, 2.45) is 0 Å². The Balaban J connectivity index is 1.23. The lowest BCUT2D eigenvalue weighted by molar-refractivity contribution is 0.0968. The van der Waals surface area contributed by atoms with Crippen LogP contribution in [0, 0.1) is 5.82 Å². The van der Waals surface area contributed by atoms with Crippen LogP contribution < -0.4 is 4.74 Å². The van der Waals surface area contributed by atoms with Gasteiger partial charge in [-0.25, -0.2) is 4.39 Å². The highest BCUT2D eigenvalue weighted by atomic mass is 32.2. The molecule has 0 N–H and O–H groups in total. The SMILES string of the molecule is O=C(CCN1CCC(c2ccccc2F)C1)c1ccc2cc3c(cc2c1)OCCS3. The Labute approximate surface area is 180 Å². The summed E-state index contributed by atoms with van der Waals surface area (Å²) in [7, 11) is 0. The molecule has 0 aromatic heterocycles. The Morgan fingerprint density at radius 2 is 2.03 bits per heavy atom. The predicted octanol–water partition coefficient (Wildman–Crippen LogP) is 5.53. The van der Waals surface area contributed by atoms with Gasteiger partial charge in [-0.05, 0) is 53.6 Å². The number of likely N-dealkylation sites (tertiary alicyclic amines) is 1. The number of rotatable bonds is 5. The maximum absolute atomic E-state index is 14.1. The molecule has 154 valence electrons. The van der Waals surface area contributed by atoms with E-state index in [0.717, 1.165) is 59.5 Å². The van der Waals surface area contributed by atoms with Gasteiger partial charge in [0.05, 0.1) is 11.5 Å². The van der Waals surface area contributed by atoms with Crippen LogP contribution in [0.1, 0.15) is 34.7 Å². The van der Waals surface area contributed by atoms with Gasteiger partial charge in [-0.3, -0.25) is 4.79 Å². The molecule has 0 radical (unpaired) electrons. The third-order valence-electron chi connectivity index (χ3n) is 6.10. The van der Waals surface area contributed by atoms with Gasteiger partial charge in [-0.2, -0.15) is 0 Å². The molecular formula is C25H24FNO2S. The van der Waals surface area contributed by atoms with Gasteiger partial charge in [0, 0.05) is 36.7 Å². The van der Waals surface area contributed by atoms with E-state index in [4.69, 9.17) is 4.74 Å². The van der Waals surface area contributed by atoms with Crippen molar-refractivity contribution in [3.8, 4) is 5.75 Å². The van der Waals surface area contributed by atoms with E-state index in [9.17, 15) is 9.18 Å². The molecule has 1 fully saturated rings. The molecule has 0 bridgehead atoms. The summed E-state index contributed by atoms with van der Waals surface area (Å²) in [6, 6.07) is 17.2. The first kappa shape index (κ1) is 19.6. The van der Waals surface area contributed by atoms with Crippen molar-refractivity contribution in [2.45, 2.75) is 23.7 Å². The number of Topliss-reactive ketones (excluding diaryl/α,β-unsaturated/α-hetero) is 1. The highest BCUT2D eigenvalue weighted by Crippen LogP contribution is 2.37. The van der Waals surface area contributed by atoms with Crippen molar-refractivity contribution >= 4 is 28.3 Å². The Morgan fingerprint density at radius 3 is 2.93 bits per heavy atom. The molecule has 1 unspecified atom stereocenters. The Morgan fingerprint density at radius 1 is 1.13 bits per heavy atom. The summed E-state index contributed by atoms with van der Waals surface area (Å²) in [6.45, 7) is 3.16. The largest absolute Gasteiger partial charge is 0.492 e. The monoisotopic (exact) mass is 421 g/mol. The number of carbonyl (C=O) groups is 1. The van der Waals surface area contributed by atoms with Gasteiger partial charge in [-0.15, -0.1) is 11.8 Å². The normalized spacial score (nSPS) is 18.9. The summed E-state index contributed by atoms with van der Waals surface area (Å²) < 4.78 is 19.8. The zero-order chi connectivity index (χ0) is 20.5. The molecule has 0 amide bonds. The van der Waals surface area contributed by atoms with Crippen molar-refractivity contribution in [1.29, 1.82) is 0 Å². The van der Waals surface area contributed by atoms with Crippen molar-refractivity contribution in [3.63, 3.8) is 0 Å². The van der Waals surface area contributed by atoms with E-state index in [1.165, 1.54) is 11.0 Å². The number of thioether (sulfide) groups is 1. The molecule has 30 heavy (non-hydrogen) atoms. The van der Waals surface area contributed by atoms with Crippen LogP contribution >= 0.6 is 11.8 Å². The first-order valence-corrected chi connectivity index (χ1v) is 11.5. The van der Waals surface area contributed by atoms with E-state index >= 15 is 0 Å². The Bertz CT molecular complexity index is 1100. The second-order valence-electron chi connectivity index (χ2n) is 8.04. The summed E-state index contributed by atoms with van der Waals surface area (Å²) in [5.74, 6) is 2.13. The molecule has 3 aromatic carbocycles. The molecule has 0 spiro atoms. The summed E-state index contributed by atoms with van der Waals surface area (Å²) in [5, 5.41) is 2.18. The zero-order valence-electron chi connectivity index (χ0n) is 16.8. The maximum Gasteiger partial charge on any atom is 0.164 e. The van der Waals surface area contributed by atoms with Gasteiger partial charge in [0.1, 0.15) is 11.6 Å². The average molecular weight is 422 g/mol. The first-order chi connectivity index (χ1) is 14.7. The third-order valence-corrected chi connectivity index (χ3v) is 7.10. The number of benzene rings is 3. The highest BCUT2D eigenvalue weighted by molar-refractivity contribution is 7.99. The molecule has 3 nitrogen and oxygen atoms in total. The molecule has 5 heteroatoms. The van der Waals surface area contributed by atoms with E-state index in [1.807, 2.05) is 48.2 Å². The molecular weight excluding hydrogens is 397 g/mol. The van der Waals surface area contributed by atoms with E-state index in [2.05, 4.69) is 11.0 Å². The van der Waals surface area contributed by atoms with Gasteiger partial charge in [0.15, 0.2) is 5.78 Å². The summed E-state index contributed by atoms with van der Waals surface area (Å²) in [4.78, 5) is 16.3. The van der Waals surface area contributed by atoms with E-state index in [1.54, 1.807) is 6.07 Å². The first-order valence-electron chi connectivity index (χ1n) is 10.5. The van der Waals surface area contributed by atoms with Crippen LogP contribution in [0.3, 0.4) is 0 Å². The van der Waals surface area contributed by atoms with Crippen molar-refractivity contribution in [3.05, 3.63) is 71.5 Å². The van der Waals surface area contributed by atoms with Gasteiger partial charge in [0.2, 0.25) is 0 Å². The number of ketones is 1. The fraction of sp³-hybridized carbons (Fsp3) is 0.320. The zero-order valence-corrected chi connectivity index (χ0v) is 17.6. The summed E-state index contributed by atoms with van der Waals surface area (Å²) >= 11 is 1.81. The van der Waals surface area contributed by atoms with Crippen molar-refractivity contribution in [1.82, 2.24) is 4.90 Å². The lowest BCUT2D eigenvalue weighted by Crippen LogP contribution is -2.23. The number of nitrogens with zero attached hydrogens (tertiary/aromatic N) is 1. The minimum atomic E-state index is -0.124. The lowest BCUT2D eigenvalue weighted by atomic mass is 9.98. The standard InChI is InChI=1S/C25H24FNO2S/c26-22-4-2-1-3-21(22)19-7-9-27(16-19)10-8-23(28)18-6-5-17-15-25-24(14-20(17)13-18)29-11-12-30-25/h1-6,13-15,19H,7-12,16H2. The van der Waals surface area contributed by atoms with Crippen LogP contribution in [-0.2, 0) is 0 Å². The molecule has 3 aromatic rings. The highest BCUT2D eigenvalue weighted by Gasteiger charge is 2.26. The van der Waals surface area contributed by atoms with Gasteiger partial charge < -0.3 is 9.64 Å². The van der Waals surface area contributed by atoms with E-state index < -0.39 is 0 Å². The molecule has 2 heterocycles. The van der Waals surface area contributed by atoms with Crippen molar-refractivity contribution < 1.29 is 13.9 Å². The number of carbonyl (C=O) groups excluding carboxylic acids is 1. The lowest BCUT2D eigenvalue weighted by Gasteiger charge is -2.18. The smallest absolute Gasteiger partial charge is 0.164 e. The van der Waals surface area contributed by atoms with Crippen LogP contribution in [-0.4, -0.2) is 42.7 Å². The molecule has 2 aliphatic heterocycles. The van der Waals surface area contributed by atoms with Crippen LogP contribution in [0.15, 0.2) is 59.5 Å². The molecule has 0 aliphatic carbocycles. The maximum atomic E-state index is 14.1. The molecule has 2 aliphatic rings. The predicted molar refractivity (Wildman–Crippen MR) is 119 cm³/mol. The number of ether oxygens (including phenoxy) is 1. The second-order valence-corrected chi connectivity index (χ2v) is 9.18. The van der Waals surface area contributed by atoms with Crippen LogP contribution in [0.2, 0.25) is 0 Å². The van der Waals surface area contributed by atoms with E-state index in [0.29, 0.717) is 13.0 Å². The quantitative estimate of drug-likeness (QED) is 0.507. The van der Waals surface area contributed by atoms with Crippen molar-refractivity contribution in [2.75, 3.05) is 32.0 Å². The number of halogens is 1. The van der Waals surface area contributed by atoms with Gasteiger partial charge in [0.25, 0.3) is 0 Å². The fourth-order valence-corrected chi connectivity index (χ4v) is 5.31. The minimum Gasteiger partial charge on any atom is -0.492 e. The van der Waals surface area contributed by atoms with E-state index in [-0.39, 0.29) is 17.5 Å². The minimum absolute atomic E-state index is 0.124. The third kappa shape index (κ3) is 3.96. The van der Waals surface area contributed by atoms with Gasteiger partial charge in [-0.1, -0.05) is 30.3 Å². The number of hydrogen-bond acceptors (Lipinski definition) is 4. The fourth-order valence-electron chi connectivity index (χ4n) is 4.46. The van der Waals surface area contributed by atoms with Gasteiger partial charge >= 0.3 is 0 Å². The molecule has 5 rings (SSSR count). The average Bonchev–Trinajstić information content (AvgIpc) is 3.24. The molecule has 1 saturated heterocycles. The molecule has 1 atom stereocenters.